The molecule has 142 valence electrons. The molecule has 6 nitrogen and oxygen atoms in total. The fraction of sp³-hybridized carbons (Fsp3) is 0.0455. The van der Waals surface area contributed by atoms with Crippen LogP contribution in [0.1, 0.15) is 10.4 Å². The molecule has 2 aromatic carbocycles. The number of thiophene rings is 1. The number of hydrogen-bond acceptors (Lipinski definition) is 4. The van der Waals surface area contributed by atoms with Crippen molar-refractivity contribution in [1.82, 2.24) is 9.55 Å². The normalized spacial score (nSPS) is 10.3. The number of rotatable bonds is 3. The first-order chi connectivity index (χ1) is 14.1. The first-order valence-electron chi connectivity index (χ1n) is 8.77. The van der Waals surface area contributed by atoms with Crippen molar-refractivity contribution in [1.29, 1.82) is 0 Å². The van der Waals surface area contributed by atoms with E-state index >= 15 is 0 Å². The van der Waals surface area contributed by atoms with Crippen LogP contribution in [0.15, 0.2) is 75.6 Å². The Morgan fingerprint density at radius 3 is 2.72 bits per heavy atom. The highest BCUT2D eigenvalue weighted by atomic mass is 32.1. The quantitative estimate of drug-likeness (QED) is 0.518. The van der Waals surface area contributed by atoms with Gasteiger partial charge in [0.2, 0.25) is 5.91 Å². The molecule has 0 fully saturated rings. The summed E-state index contributed by atoms with van der Waals surface area (Å²) >= 11 is 1.56. The number of aromatic amines is 1. The largest absolute Gasteiger partial charge is 0.329 e. The van der Waals surface area contributed by atoms with Crippen molar-refractivity contribution in [3.63, 3.8) is 0 Å². The van der Waals surface area contributed by atoms with Crippen LogP contribution >= 0.6 is 11.3 Å². The van der Waals surface area contributed by atoms with E-state index in [0.717, 1.165) is 10.4 Å². The van der Waals surface area contributed by atoms with Gasteiger partial charge in [-0.1, -0.05) is 36.1 Å². The van der Waals surface area contributed by atoms with Gasteiger partial charge in [-0.05, 0) is 41.8 Å². The molecular weight excluding hydrogens is 386 g/mol. The molecule has 0 spiro atoms. The molecule has 29 heavy (non-hydrogen) atoms. The Morgan fingerprint density at radius 1 is 1.03 bits per heavy atom. The number of H-pyrrole nitrogens is 1. The van der Waals surface area contributed by atoms with Crippen molar-refractivity contribution < 1.29 is 4.79 Å². The highest BCUT2D eigenvalue weighted by Gasteiger charge is 2.11. The molecule has 2 aromatic heterocycles. The van der Waals surface area contributed by atoms with E-state index in [0.29, 0.717) is 16.6 Å². The van der Waals surface area contributed by atoms with Gasteiger partial charge in [-0.25, -0.2) is 4.79 Å². The van der Waals surface area contributed by atoms with Gasteiger partial charge in [0.05, 0.1) is 15.8 Å². The van der Waals surface area contributed by atoms with Crippen LogP contribution in [0.5, 0.6) is 0 Å². The lowest BCUT2D eigenvalue weighted by molar-refractivity contribution is -0.116. The molecule has 0 atom stereocenters. The van der Waals surface area contributed by atoms with Crippen LogP contribution in [-0.4, -0.2) is 15.5 Å². The van der Waals surface area contributed by atoms with Gasteiger partial charge < -0.3 is 5.32 Å². The Bertz CT molecular complexity index is 1370. The standard InChI is InChI=1S/C22H15N3O3S/c26-20(14-25-19-9-2-1-8-18(19)21(27)24-22(25)28)23-16-6-3-5-15(13-16)10-11-17-7-4-12-29-17/h1-9,12-13H,14H2,(H,23,26)(H,24,27,28). The number of nitrogens with zero attached hydrogens (tertiary/aromatic N) is 1. The molecule has 2 heterocycles. The summed E-state index contributed by atoms with van der Waals surface area (Å²) in [6.07, 6.45) is 0. The Kier molecular flexibility index (Phi) is 5.10. The van der Waals surface area contributed by atoms with Crippen LogP contribution in [0.2, 0.25) is 0 Å². The Balaban J connectivity index is 1.56. The summed E-state index contributed by atoms with van der Waals surface area (Å²) in [6.45, 7) is -0.221. The maximum atomic E-state index is 12.5. The zero-order chi connectivity index (χ0) is 20.2. The highest BCUT2D eigenvalue weighted by Crippen LogP contribution is 2.12. The third kappa shape index (κ3) is 4.18. The summed E-state index contributed by atoms with van der Waals surface area (Å²) in [5.74, 6) is 5.75. The number of carbonyl (C=O) groups excluding carboxylic acids is 1. The molecule has 0 unspecified atom stereocenters. The van der Waals surface area contributed by atoms with E-state index in [1.165, 1.54) is 4.57 Å². The number of carbonyl (C=O) groups is 1. The van der Waals surface area contributed by atoms with Gasteiger partial charge in [0, 0.05) is 11.3 Å². The molecule has 0 aliphatic rings. The Hall–Kier alpha value is -3.89. The van der Waals surface area contributed by atoms with E-state index in [2.05, 4.69) is 22.1 Å². The molecule has 7 heteroatoms. The molecule has 1 amide bonds. The van der Waals surface area contributed by atoms with Crippen LogP contribution in [0.4, 0.5) is 5.69 Å². The van der Waals surface area contributed by atoms with Crippen molar-refractivity contribution in [2.45, 2.75) is 6.54 Å². The molecule has 0 radical (unpaired) electrons. The van der Waals surface area contributed by atoms with Crippen molar-refractivity contribution in [3.05, 3.63) is 97.3 Å². The van der Waals surface area contributed by atoms with Gasteiger partial charge in [-0.15, -0.1) is 11.3 Å². The van der Waals surface area contributed by atoms with E-state index in [4.69, 9.17) is 0 Å². The number of hydrogen-bond donors (Lipinski definition) is 2. The molecule has 2 N–H and O–H groups in total. The molecule has 0 saturated carbocycles. The fourth-order valence-electron chi connectivity index (χ4n) is 2.90. The second kappa shape index (κ2) is 8.00. The van der Waals surface area contributed by atoms with E-state index in [1.54, 1.807) is 53.8 Å². The monoisotopic (exact) mass is 401 g/mol. The smallest absolute Gasteiger partial charge is 0.324 e. The number of fused-ring (bicyclic) bond motifs is 1. The first-order valence-corrected chi connectivity index (χ1v) is 9.65. The lowest BCUT2D eigenvalue weighted by Gasteiger charge is -2.10. The zero-order valence-electron chi connectivity index (χ0n) is 15.1. The molecule has 4 rings (SSSR count). The predicted molar refractivity (Wildman–Crippen MR) is 114 cm³/mol. The average molecular weight is 401 g/mol. The Labute approximate surface area is 169 Å². The molecular formula is C22H15N3O3S. The maximum absolute atomic E-state index is 12.5. The van der Waals surface area contributed by atoms with E-state index < -0.39 is 11.2 Å². The fourth-order valence-corrected chi connectivity index (χ4v) is 3.47. The van der Waals surface area contributed by atoms with Gasteiger partial charge in [0.1, 0.15) is 6.54 Å². The summed E-state index contributed by atoms with van der Waals surface area (Å²) < 4.78 is 1.24. The van der Waals surface area contributed by atoms with Crippen LogP contribution in [-0.2, 0) is 11.3 Å². The number of para-hydroxylation sites is 1. The second-order valence-electron chi connectivity index (χ2n) is 6.22. The summed E-state index contributed by atoms with van der Waals surface area (Å²) in [5, 5.41) is 5.09. The van der Waals surface area contributed by atoms with Gasteiger partial charge in [-0.2, -0.15) is 0 Å². The van der Waals surface area contributed by atoms with Crippen molar-refractivity contribution >= 4 is 33.8 Å². The maximum Gasteiger partial charge on any atom is 0.329 e. The van der Waals surface area contributed by atoms with E-state index in [9.17, 15) is 14.4 Å². The molecule has 4 aromatic rings. The van der Waals surface area contributed by atoms with Crippen LogP contribution in [0.3, 0.4) is 0 Å². The number of benzene rings is 2. The number of nitrogens with one attached hydrogen (secondary N) is 2. The molecule has 0 saturated heterocycles. The third-order valence-corrected chi connectivity index (χ3v) is 4.99. The topological polar surface area (TPSA) is 84.0 Å². The first kappa shape index (κ1) is 18.5. The van der Waals surface area contributed by atoms with Crippen LogP contribution in [0.25, 0.3) is 10.9 Å². The zero-order valence-corrected chi connectivity index (χ0v) is 16.0. The van der Waals surface area contributed by atoms with Crippen LogP contribution < -0.4 is 16.6 Å². The Morgan fingerprint density at radius 2 is 1.90 bits per heavy atom. The van der Waals surface area contributed by atoms with Crippen molar-refractivity contribution in [3.8, 4) is 11.8 Å². The summed E-state index contributed by atoms with van der Waals surface area (Å²) in [4.78, 5) is 39.9. The second-order valence-corrected chi connectivity index (χ2v) is 7.17. The van der Waals surface area contributed by atoms with Crippen LogP contribution in [0, 0.1) is 11.8 Å². The molecule has 0 aliphatic heterocycles. The van der Waals surface area contributed by atoms with E-state index in [1.807, 2.05) is 23.6 Å². The lowest BCUT2D eigenvalue weighted by Crippen LogP contribution is -2.34. The minimum atomic E-state index is -0.626. The minimum Gasteiger partial charge on any atom is -0.324 e. The van der Waals surface area contributed by atoms with E-state index in [-0.39, 0.29) is 12.5 Å². The number of anilines is 1. The summed E-state index contributed by atoms with van der Waals surface area (Å²) in [7, 11) is 0. The number of aromatic nitrogens is 2. The SMILES string of the molecule is O=C(Cn1c(=O)[nH]c(=O)c2ccccc21)Nc1cccc(C#Cc2cccs2)c1. The predicted octanol–water partition coefficient (Wildman–Crippen LogP) is 2.79. The van der Waals surface area contributed by atoms with Crippen molar-refractivity contribution in [2.24, 2.45) is 0 Å². The summed E-state index contributed by atoms with van der Waals surface area (Å²) in [5.41, 5.74) is 0.656. The van der Waals surface area contributed by atoms with Gasteiger partial charge in [0.15, 0.2) is 0 Å². The molecule has 0 aliphatic carbocycles. The highest BCUT2D eigenvalue weighted by molar-refractivity contribution is 7.10. The minimum absolute atomic E-state index is 0.221. The van der Waals surface area contributed by atoms with Crippen molar-refractivity contribution in [2.75, 3.05) is 5.32 Å². The lowest BCUT2D eigenvalue weighted by atomic mass is 10.2. The third-order valence-electron chi connectivity index (χ3n) is 4.20. The van der Waals surface area contributed by atoms with Gasteiger partial charge in [-0.3, -0.25) is 19.1 Å². The van der Waals surface area contributed by atoms with Gasteiger partial charge in [0.25, 0.3) is 5.56 Å². The number of amides is 1. The average Bonchev–Trinajstić information content (AvgIpc) is 3.24. The van der Waals surface area contributed by atoms with Gasteiger partial charge >= 0.3 is 5.69 Å². The summed E-state index contributed by atoms with van der Waals surface area (Å²) in [6, 6.07) is 17.7. The molecule has 0 bridgehead atoms.